The van der Waals surface area contributed by atoms with Crippen LogP contribution in [0.2, 0.25) is 0 Å². The van der Waals surface area contributed by atoms with E-state index in [9.17, 15) is 19.8 Å². The quantitative estimate of drug-likeness (QED) is 0.0244. The van der Waals surface area contributed by atoms with Crippen molar-refractivity contribution in [3.8, 4) is 0 Å². The van der Waals surface area contributed by atoms with Gasteiger partial charge in [0.1, 0.15) is 0 Å². The van der Waals surface area contributed by atoms with Gasteiger partial charge in [0.25, 0.3) is 0 Å². The first-order valence-corrected chi connectivity index (χ1v) is 31.3. The minimum Gasteiger partial charge on any atom is -0.466 e. The molecule has 0 aromatic carbocycles. The molecule has 0 saturated carbocycles. The van der Waals surface area contributed by atoms with E-state index in [0.29, 0.717) is 19.4 Å². The summed E-state index contributed by atoms with van der Waals surface area (Å²) in [4.78, 5) is 24.6. The summed E-state index contributed by atoms with van der Waals surface area (Å²) in [6, 6.07) is -0.646. The Labute approximate surface area is 436 Å². The zero-order valence-corrected chi connectivity index (χ0v) is 47.0. The summed E-state index contributed by atoms with van der Waals surface area (Å²) in [5, 5.41) is 23.2. The Hall–Kier alpha value is -1.92. The smallest absolute Gasteiger partial charge is 0.305 e. The summed E-state index contributed by atoms with van der Waals surface area (Å²) in [6.45, 7) is 4.87. The fraction of sp³-hybridized carbons (Fsp3) is 0.875. The lowest BCUT2D eigenvalue weighted by Crippen LogP contribution is -2.45. The monoisotopic (exact) mass is 984 g/mol. The Bertz CT molecular complexity index is 1130. The molecule has 0 fully saturated rings. The van der Waals surface area contributed by atoms with E-state index in [4.69, 9.17) is 4.74 Å². The number of unbranched alkanes of at least 4 members (excludes halogenated alkanes) is 44. The van der Waals surface area contributed by atoms with Crippen LogP contribution < -0.4 is 5.32 Å². The van der Waals surface area contributed by atoms with Gasteiger partial charge in [-0.25, -0.2) is 0 Å². The number of carbonyl (C=O) groups excluding carboxylic acids is 2. The van der Waals surface area contributed by atoms with Crippen molar-refractivity contribution in [1.82, 2.24) is 5.32 Å². The van der Waals surface area contributed by atoms with Gasteiger partial charge in [-0.15, -0.1) is 0 Å². The topological polar surface area (TPSA) is 95.9 Å². The molecule has 6 heteroatoms. The predicted molar refractivity (Wildman–Crippen MR) is 306 cm³/mol. The maximum Gasteiger partial charge on any atom is 0.305 e. The molecule has 3 N–H and O–H groups in total. The summed E-state index contributed by atoms with van der Waals surface area (Å²) in [5.41, 5.74) is 0. The maximum atomic E-state index is 12.5. The van der Waals surface area contributed by atoms with Gasteiger partial charge in [0.15, 0.2) is 0 Å². The highest BCUT2D eigenvalue weighted by Gasteiger charge is 2.18. The Morgan fingerprint density at radius 2 is 0.700 bits per heavy atom. The molecular weight excluding hydrogens is 863 g/mol. The molecular formula is C64H121NO5. The molecule has 2 unspecified atom stereocenters. The van der Waals surface area contributed by atoms with Crippen molar-refractivity contribution in [2.75, 3.05) is 13.2 Å². The molecule has 0 rings (SSSR count). The zero-order chi connectivity index (χ0) is 50.7. The van der Waals surface area contributed by atoms with Gasteiger partial charge in [0.05, 0.1) is 25.4 Å². The number of carbonyl (C=O) groups is 2. The molecule has 1 amide bonds. The second-order valence-corrected chi connectivity index (χ2v) is 21.4. The number of aliphatic hydroxyl groups is 2. The minimum atomic E-state index is -0.860. The molecule has 0 heterocycles. The van der Waals surface area contributed by atoms with Gasteiger partial charge < -0.3 is 20.3 Å². The fourth-order valence-electron chi connectivity index (χ4n) is 9.63. The number of ether oxygens (including phenoxy) is 1. The Morgan fingerprint density at radius 1 is 0.400 bits per heavy atom. The van der Waals surface area contributed by atoms with Crippen LogP contribution >= 0.6 is 0 Å². The number of nitrogens with one attached hydrogen (secondary N) is 1. The lowest BCUT2D eigenvalue weighted by atomic mass is 10.0. The largest absolute Gasteiger partial charge is 0.466 e. The average Bonchev–Trinajstić information content (AvgIpc) is 3.36. The van der Waals surface area contributed by atoms with Gasteiger partial charge in [-0.3, -0.25) is 9.59 Å². The van der Waals surface area contributed by atoms with Crippen molar-refractivity contribution >= 4 is 11.9 Å². The first-order chi connectivity index (χ1) is 34.5. The highest BCUT2D eigenvalue weighted by Crippen LogP contribution is 2.17. The van der Waals surface area contributed by atoms with Crippen molar-refractivity contribution in [2.24, 2.45) is 0 Å². The van der Waals surface area contributed by atoms with Crippen molar-refractivity contribution in [3.63, 3.8) is 0 Å². The molecule has 0 saturated heterocycles. The molecule has 0 aliphatic carbocycles. The van der Waals surface area contributed by atoms with Gasteiger partial charge in [0.2, 0.25) is 5.91 Å². The van der Waals surface area contributed by atoms with Crippen molar-refractivity contribution in [1.29, 1.82) is 0 Å². The van der Waals surface area contributed by atoms with Gasteiger partial charge in [-0.05, 0) is 64.2 Å². The van der Waals surface area contributed by atoms with Crippen molar-refractivity contribution in [3.05, 3.63) is 36.5 Å². The maximum absolute atomic E-state index is 12.5. The number of aliphatic hydroxyl groups excluding tert-OH is 2. The van der Waals surface area contributed by atoms with Crippen LogP contribution in [-0.4, -0.2) is 47.4 Å². The van der Waals surface area contributed by atoms with E-state index >= 15 is 0 Å². The number of allylic oxidation sites excluding steroid dienone is 5. The second kappa shape index (κ2) is 59.6. The van der Waals surface area contributed by atoms with E-state index in [1.54, 1.807) is 6.08 Å². The SMILES string of the molecule is CCCCCCCCCCCCCCCCCCCCCC/C=C/C(O)C(CO)NC(=O)CCCCCCCC/C=C\C=C/CCCCCOC(=O)CCCCCCCCCCCCCCCCCC. The van der Waals surface area contributed by atoms with Gasteiger partial charge in [0, 0.05) is 12.8 Å². The van der Waals surface area contributed by atoms with Crippen molar-refractivity contribution in [2.45, 2.75) is 347 Å². The highest BCUT2D eigenvalue weighted by atomic mass is 16.5. The number of amides is 1. The van der Waals surface area contributed by atoms with Crippen LogP contribution in [0.5, 0.6) is 0 Å². The molecule has 70 heavy (non-hydrogen) atoms. The van der Waals surface area contributed by atoms with E-state index in [0.717, 1.165) is 77.0 Å². The second-order valence-electron chi connectivity index (χ2n) is 21.4. The van der Waals surface area contributed by atoms with E-state index in [2.05, 4.69) is 43.5 Å². The number of esters is 1. The van der Waals surface area contributed by atoms with Crippen LogP contribution in [0.15, 0.2) is 36.5 Å². The first kappa shape index (κ1) is 68.1. The lowest BCUT2D eigenvalue weighted by molar-refractivity contribution is -0.143. The van der Waals surface area contributed by atoms with Gasteiger partial charge >= 0.3 is 5.97 Å². The molecule has 2 atom stereocenters. The summed E-state index contributed by atoms with van der Waals surface area (Å²) in [5.74, 6) is -0.107. The summed E-state index contributed by atoms with van der Waals surface area (Å²) in [6.07, 6.45) is 74.7. The van der Waals surface area contributed by atoms with Crippen molar-refractivity contribution < 1.29 is 24.5 Å². The predicted octanol–water partition coefficient (Wildman–Crippen LogP) is 19.6. The van der Waals surface area contributed by atoms with Crippen LogP contribution in [0, 0.1) is 0 Å². The first-order valence-electron chi connectivity index (χ1n) is 31.3. The molecule has 0 bridgehead atoms. The summed E-state index contributed by atoms with van der Waals surface area (Å²) < 4.78 is 5.46. The molecule has 6 nitrogen and oxygen atoms in total. The Kier molecular flexibility index (Phi) is 58.0. The van der Waals surface area contributed by atoms with E-state index in [1.807, 2.05) is 6.08 Å². The number of hydrogen-bond acceptors (Lipinski definition) is 5. The fourth-order valence-corrected chi connectivity index (χ4v) is 9.63. The Balaban J connectivity index is 3.53. The molecule has 0 spiro atoms. The normalized spacial score (nSPS) is 12.8. The lowest BCUT2D eigenvalue weighted by Gasteiger charge is -2.20. The zero-order valence-electron chi connectivity index (χ0n) is 47.0. The molecule has 412 valence electrons. The van der Waals surface area contributed by atoms with E-state index < -0.39 is 12.1 Å². The van der Waals surface area contributed by atoms with Crippen LogP contribution in [0.3, 0.4) is 0 Å². The molecule has 0 radical (unpaired) electrons. The number of rotatable bonds is 58. The summed E-state index contributed by atoms with van der Waals surface area (Å²) >= 11 is 0. The Morgan fingerprint density at radius 3 is 1.06 bits per heavy atom. The highest BCUT2D eigenvalue weighted by molar-refractivity contribution is 5.76. The third kappa shape index (κ3) is 55.4. The summed E-state index contributed by atoms with van der Waals surface area (Å²) in [7, 11) is 0. The third-order valence-corrected chi connectivity index (χ3v) is 14.4. The molecule has 0 aliphatic rings. The van der Waals surface area contributed by atoms with Crippen LogP contribution in [0.4, 0.5) is 0 Å². The molecule has 0 aliphatic heterocycles. The average molecular weight is 985 g/mol. The number of hydrogen-bond donors (Lipinski definition) is 3. The van der Waals surface area contributed by atoms with E-state index in [-0.39, 0.29) is 18.5 Å². The van der Waals surface area contributed by atoms with Crippen LogP contribution in [0.25, 0.3) is 0 Å². The third-order valence-electron chi connectivity index (χ3n) is 14.4. The standard InChI is InChI=1S/C64H121NO5/c1-3-5-7-9-11-13-15-17-19-21-22-23-24-25-26-28-32-36-40-44-48-52-56-62(67)61(60-66)65-63(68)57-53-49-45-41-37-33-29-27-31-35-39-43-47-51-55-59-70-64(69)58-54-50-46-42-38-34-30-20-18-16-14-12-10-8-6-4-2/h27,31,35,39,52,56,61-62,66-67H,3-26,28-30,32-34,36-38,40-51,53-55,57-60H2,1-2H3,(H,65,68)/b31-27-,39-35-,56-52+. The molecule has 0 aromatic heterocycles. The van der Waals surface area contributed by atoms with Crippen LogP contribution in [0.1, 0.15) is 335 Å². The minimum absolute atomic E-state index is 0.0190. The van der Waals surface area contributed by atoms with Crippen LogP contribution in [-0.2, 0) is 14.3 Å². The molecule has 0 aromatic rings. The van der Waals surface area contributed by atoms with Gasteiger partial charge in [-0.1, -0.05) is 294 Å². The van der Waals surface area contributed by atoms with E-state index in [1.165, 1.54) is 231 Å². The van der Waals surface area contributed by atoms with Gasteiger partial charge in [-0.2, -0.15) is 0 Å².